The fourth-order valence-electron chi connectivity index (χ4n) is 2.59. The van der Waals surface area contributed by atoms with Crippen molar-refractivity contribution in [3.05, 3.63) is 41.6 Å². The van der Waals surface area contributed by atoms with Crippen molar-refractivity contribution in [1.82, 2.24) is 9.78 Å². The molecule has 0 fully saturated rings. The van der Waals surface area contributed by atoms with Gasteiger partial charge in [0.2, 0.25) is 0 Å². The third-order valence-corrected chi connectivity index (χ3v) is 4.05. The van der Waals surface area contributed by atoms with E-state index in [1.54, 1.807) is 0 Å². The number of rotatable bonds is 6. The van der Waals surface area contributed by atoms with Crippen LogP contribution in [0.1, 0.15) is 68.4 Å². The highest BCUT2D eigenvalue weighted by atomic mass is 16.1. The van der Waals surface area contributed by atoms with Gasteiger partial charge in [-0.3, -0.25) is 9.48 Å². The van der Waals surface area contributed by atoms with E-state index < -0.39 is 0 Å². The highest BCUT2D eigenvalue weighted by Crippen LogP contribution is 2.26. The summed E-state index contributed by atoms with van der Waals surface area (Å²) in [6, 6.07) is 8.70. The third-order valence-electron chi connectivity index (χ3n) is 4.05. The Morgan fingerprint density at radius 1 is 1.14 bits per heavy atom. The molecule has 0 bridgehead atoms. The molecule has 3 heteroatoms. The van der Waals surface area contributed by atoms with Crippen LogP contribution in [0.25, 0.3) is 11.3 Å². The molecule has 0 N–H and O–H groups in total. The number of carbonyl (C=O) groups is 1. The molecule has 0 saturated carbocycles. The van der Waals surface area contributed by atoms with Gasteiger partial charge < -0.3 is 0 Å². The second-order valence-electron chi connectivity index (χ2n) is 5.78. The molecule has 0 unspecified atom stereocenters. The molecule has 0 radical (unpaired) electrons. The Labute approximate surface area is 127 Å². The van der Waals surface area contributed by atoms with Gasteiger partial charge in [-0.25, -0.2) is 0 Å². The molecular formula is C18H24N2O. The van der Waals surface area contributed by atoms with Gasteiger partial charge in [0.1, 0.15) is 5.69 Å². The Hall–Kier alpha value is -1.90. The van der Waals surface area contributed by atoms with Gasteiger partial charge >= 0.3 is 0 Å². The molecule has 0 spiro atoms. The monoisotopic (exact) mass is 284 g/mol. The Morgan fingerprint density at radius 3 is 2.24 bits per heavy atom. The molecule has 2 rings (SSSR count). The molecule has 0 saturated heterocycles. The first kappa shape index (κ1) is 15.5. The molecule has 0 aliphatic carbocycles. The summed E-state index contributed by atoms with van der Waals surface area (Å²) in [6.45, 7) is 8.64. The van der Waals surface area contributed by atoms with Crippen molar-refractivity contribution in [2.75, 3.05) is 0 Å². The minimum Gasteiger partial charge on any atom is -0.298 e. The van der Waals surface area contributed by atoms with E-state index in [2.05, 4.69) is 57.1 Å². The summed E-state index contributed by atoms with van der Waals surface area (Å²) in [5, 5.41) is 4.65. The van der Waals surface area contributed by atoms with Gasteiger partial charge in [-0.15, -0.1) is 0 Å². The predicted molar refractivity (Wildman–Crippen MR) is 86.8 cm³/mol. The average molecular weight is 284 g/mol. The van der Waals surface area contributed by atoms with Crippen LogP contribution in [0.4, 0.5) is 0 Å². The van der Waals surface area contributed by atoms with E-state index in [9.17, 15) is 4.79 Å². The van der Waals surface area contributed by atoms with Crippen LogP contribution in [0.3, 0.4) is 0 Å². The fourth-order valence-corrected chi connectivity index (χ4v) is 2.59. The molecule has 21 heavy (non-hydrogen) atoms. The lowest BCUT2D eigenvalue weighted by molar-refractivity contribution is 0.112. The topological polar surface area (TPSA) is 34.9 Å². The first-order valence-electron chi connectivity index (χ1n) is 7.75. The Balaban J connectivity index is 2.40. The SMILES string of the molecule is CCC(CC)n1cc(C=O)c(-c2ccc(C(C)C)cc2)n1. The van der Waals surface area contributed by atoms with Crippen molar-refractivity contribution in [2.24, 2.45) is 0 Å². The summed E-state index contributed by atoms with van der Waals surface area (Å²) < 4.78 is 1.94. The molecule has 0 aliphatic rings. The van der Waals surface area contributed by atoms with Crippen LogP contribution in [0.2, 0.25) is 0 Å². The molecule has 0 amide bonds. The molecular weight excluding hydrogens is 260 g/mol. The number of aldehydes is 1. The van der Waals surface area contributed by atoms with Crippen LogP contribution in [-0.4, -0.2) is 16.1 Å². The van der Waals surface area contributed by atoms with Crippen LogP contribution in [0.5, 0.6) is 0 Å². The molecule has 1 aromatic heterocycles. The van der Waals surface area contributed by atoms with Crippen molar-refractivity contribution in [3.8, 4) is 11.3 Å². The average Bonchev–Trinajstić information content (AvgIpc) is 2.92. The zero-order chi connectivity index (χ0) is 15.4. The Bertz CT molecular complexity index is 592. The smallest absolute Gasteiger partial charge is 0.153 e. The van der Waals surface area contributed by atoms with E-state index >= 15 is 0 Å². The summed E-state index contributed by atoms with van der Waals surface area (Å²) in [5.41, 5.74) is 3.75. The van der Waals surface area contributed by atoms with Gasteiger partial charge in [-0.1, -0.05) is 52.0 Å². The highest BCUT2D eigenvalue weighted by molar-refractivity contribution is 5.85. The van der Waals surface area contributed by atoms with Gasteiger partial charge in [0, 0.05) is 11.8 Å². The number of nitrogens with zero attached hydrogens (tertiary/aromatic N) is 2. The number of hydrogen-bond acceptors (Lipinski definition) is 2. The van der Waals surface area contributed by atoms with Gasteiger partial charge in [-0.05, 0) is 24.3 Å². The first-order chi connectivity index (χ1) is 10.1. The standard InChI is InChI=1S/C18H24N2O/c1-5-17(6-2)20-11-16(12-21)18(19-20)15-9-7-14(8-10-15)13(3)4/h7-13,17H,5-6H2,1-4H3. The summed E-state index contributed by atoms with van der Waals surface area (Å²) in [7, 11) is 0. The second kappa shape index (κ2) is 6.70. The normalized spacial score (nSPS) is 11.3. The maximum atomic E-state index is 11.3. The molecule has 112 valence electrons. The lowest BCUT2D eigenvalue weighted by Crippen LogP contribution is -2.07. The molecule has 0 atom stereocenters. The quantitative estimate of drug-likeness (QED) is 0.711. The van der Waals surface area contributed by atoms with Gasteiger partial charge in [0.15, 0.2) is 6.29 Å². The lowest BCUT2D eigenvalue weighted by Gasteiger charge is -2.12. The van der Waals surface area contributed by atoms with E-state index in [0.29, 0.717) is 17.5 Å². The fraction of sp³-hybridized carbons (Fsp3) is 0.444. The van der Waals surface area contributed by atoms with Crippen LogP contribution in [-0.2, 0) is 0 Å². The van der Waals surface area contributed by atoms with Crippen LogP contribution >= 0.6 is 0 Å². The molecule has 3 nitrogen and oxygen atoms in total. The molecule has 0 aliphatic heterocycles. The number of hydrogen-bond donors (Lipinski definition) is 0. The van der Waals surface area contributed by atoms with Crippen molar-refractivity contribution in [1.29, 1.82) is 0 Å². The van der Waals surface area contributed by atoms with Crippen molar-refractivity contribution in [3.63, 3.8) is 0 Å². The Morgan fingerprint density at radius 2 is 1.76 bits per heavy atom. The minimum atomic E-state index is 0.354. The zero-order valence-electron chi connectivity index (χ0n) is 13.3. The van der Waals surface area contributed by atoms with Crippen LogP contribution in [0.15, 0.2) is 30.5 Å². The van der Waals surface area contributed by atoms with Crippen molar-refractivity contribution < 1.29 is 4.79 Å². The van der Waals surface area contributed by atoms with Gasteiger partial charge in [0.05, 0.1) is 11.6 Å². The van der Waals surface area contributed by atoms with Gasteiger partial charge in [0.25, 0.3) is 0 Å². The van der Waals surface area contributed by atoms with E-state index in [1.807, 2.05) is 10.9 Å². The largest absolute Gasteiger partial charge is 0.298 e. The third kappa shape index (κ3) is 3.23. The van der Waals surface area contributed by atoms with Crippen molar-refractivity contribution in [2.45, 2.75) is 52.5 Å². The van der Waals surface area contributed by atoms with E-state index in [-0.39, 0.29) is 0 Å². The second-order valence-corrected chi connectivity index (χ2v) is 5.78. The lowest BCUT2D eigenvalue weighted by atomic mass is 10.00. The number of aromatic nitrogens is 2. The zero-order valence-corrected chi connectivity index (χ0v) is 13.3. The summed E-state index contributed by atoms with van der Waals surface area (Å²) >= 11 is 0. The molecule has 1 heterocycles. The summed E-state index contributed by atoms with van der Waals surface area (Å²) in [4.78, 5) is 11.3. The van der Waals surface area contributed by atoms with E-state index in [0.717, 1.165) is 30.4 Å². The molecule has 2 aromatic rings. The van der Waals surface area contributed by atoms with Crippen LogP contribution in [0, 0.1) is 0 Å². The summed E-state index contributed by atoms with van der Waals surface area (Å²) in [6.07, 6.45) is 4.80. The first-order valence-corrected chi connectivity index (χ1v) is 7.75. The summed E-state index contributed by atoms with van der Waals surface area (Å²) in [5.74, 6) is 0.506. The van der Waals surface area contributed by atoms with Crippen molar-refractivity contribution >= 4 is 6.29 Å². The minimum absolute atomic E-state index is 0.354. The Kier molecular flexibility index (Phi) is 4.94. The number of carbonyl (C=O) groups excluding carboxylic acids is 1. The van der Waals surface area contributed by atoms with Crippen LogP contribution < -0.4 is 0 Å². The van der Waals surface area contributed by atoms with E-state index in [4.69, 9.17) is 0 Å². The maximum Gasteiger partial charge on any atom is 0.153 e. The molecule has 1 aromatic carbocycles. The van der Waals surface area contributed by atoms with Gasteiger partial charge in [-0.2, -0.15) is 5.10 Å². The highest BCUT2D eigenvalue weighted by Gasteiger charge is 2.15. The van der Waals surface area contributed by atoms with E-state index in [1.165, 1.54) is 5.56 Å². The maximum absolute atomic E-state index is 11.3. The predicted octanol–water partition coefficient (Wildman–Crippen LogP) is 4.85. The number of benzene rings is 1.